The highest BCUT2D eigenvalue weighted by atomic mass is 35.5. The van der Waals surface area contributed by atoms with E-state index >= 15 is 0 Å². The smallest absolute Gasteiger partial charge is 0.306 e. The van der Waals surface area contributed by atoms with Gasteiger partial charge in [0.1, 0.15) is 5.82 Å². The second-order valence-corrected chi connectivity index (χ2v) is 10.3. The maximum Gasteiger partial charge on any atom is 0.306 e. The molecule has 3 heterocycles. The largest absolute Gasteiger partial charge is 0.494 e. The fourth-order valence-electron chi connectivity index (χ4n) is 4.83. The van der Waals surface area contributed by atoms with Crippen molar-refractivity contribution in [3.63, 3.8) is 0 Å². The zero-order valence-electron chi connectivity index (χ0n) is 20.7. The lowest BCUT2D eigenvalue weighted by Crippen LogP contribution is -2.47. The summed E-state index contributed by atoms with van der Waals surface area (Å²) >= 11 is 8.15. The maximum atomic E-state index is 12.7. The fourth-order valence-corrected chi connectivity index (χ4v) is 5.88. The van der Waals surface area contributed by atoms with E-state index in [1.54, 1.807) is 30.6 Å². The van der Waals surface area contributed by atoms with E-state index in [-0.39, 0.29) is 31.2 Å². The van der Waals surface area contributed by atoms with Crippen LogP contribution in [0.15, 0.2) is 42.5 Å². The van der Waals surface area contributed by atoms with Crippen LogP contribution < -0.4 is 4.90 Å². The molecule has 2 aromatic heterocycles. The summed E-state index contributed by atoms with van der Waals surface area (Å²) in [7, 11) is 0. The lowest BCUT2D eigenvalue weighted by Gasteiger charge is -2.35. The molecular formula is C27H29ClN4O4S. The van der Waals surface area contributed by atoms with Gasteiger partial charge in [-0.2, -0.15) is 4.37 Å². The molecule has 0 amide bonds. The average Bonchev–Trinajstić information content (AvgIpc) is 3.46. The van der Waals surface area contributed by atoms with Crippen molar-refractivity contribution in [3.05, 3.63) is 53.1 Å². The van der Waals surface area contributed by atoms with E-state index in [4.69, 9.17) is 20.7 Å². The summed E-state index contributed by atoms with van der Waals surface area (Å²) in [6.45, 7) is 6.57. The minimum atomic E-state index is -0.437. The van der Waals surface area contributed by atoms with Crippen LogP contribution in [0.4, 0.5) is 5.82 Å². The molecule has 0 radical (unpaired) electrons. The molecule has 5 rings (SSSR count). The normalized spacial score (nSPS) is 14.5. The highest BCUT2D eigenvalue weighted by Gasteiger charge is 2.22. The van der Waals surface area contributed by atoms with Gasteiger partial charge in [0.05, 0.1) is 23.2 Å². The lowest BCUT2D eigenvalue weighted by atomic mass is 10.1. The van der Waals surface area contributed by atoms with Crippen molar-refractivity contribution in [3.8, 4) is 5.88 Å². The molecule has 0 unspecified atom stereocenters. The minimum Gasteiger partial charge on any atom is -0.494 e. The van der Waals surface area contributed by atoms with Crippen molar-refractivity contribution < 1.29 is 19.4 Å². The predicted molar refractivity (Wildman–Crippen MR) is 147 cm³/mol. The molecule has 0 atom stereocenters. The topological polar surface area (TPSA) is 87.9 Å². The lowest BCUT2D eigenvalue weighted by molar-refractivity contribution is -0.143. The number of benzene rings is 2. The van der Waals surface area contributed by atoms with Gasteiger partial charge < -0.3 is 14.7 Å². The van der Waals surface area contributed by atoms with Gasteiger partial charge in [0, 0.05) is 61.0 Å². The number of nitrogens with zero attached hydrogens (tertiary/aromatic N) is 4. The summed E-state index contributed by atoms with van der Waals surface area (Å²) in [6.07, 6.45) is 0.666. The van der Waals surface area contributed by atoms with Crippen LogP contribution in [0.25, 0.3) is 21.0 Å². The number of aromatic hydroxyl groups is 1. The first-order valence-corrected chi connectivity index (χ1v) is 13.6. The number of anilines is 1. The van der Waals surface area contributed by atoms with E-state index in [0.717, 1.165) is 55.9 Å². The number of hydrogen-bond donors (Lipinski definition) is 1. The molecule has 1 fully saturated rings. The number of ether oxygens (including phenoxy) is 1. The van der Waals surface area contributed by atoms with Gasteiger partial charge in [-0.1, -0.05) is 23.7 Å². The van der Waals surface area contributed by atoms with Crippen LogP contribution in [0.2, 0.25) is 5.02 Å². The molecule has 1 N–H and O–H groups in total. The molecule has 0 saturated carbocycles. The molecule has 194 valence electrons. The van der Waals surface area contributed by atoms with Crippen LogP contribution in [0, 0.1) is 0 Å². The molecule has 1 aliphatic rings. The Kier molecular flexibility index (Phi) is 7.64. The molecule has 1 saturated heterocycles. The molecule has 10 heteroatoms. The van der Waals surface area contributed by atoms with E-state index in [0.29, 0.717) is 10.5 Å². The quantitative estimate of drug-likeness (QED) is 0.316. The van der Waals surface area contributed by atoms with E-state index < -0.39 is 5.97 Å². The Balaban J connectivity index is 1.21. The van der Waals surface area contributed by atoms with Crippen LogP contribution in [-0.4, -0.2) is 70.2 Å². The minimum absolute atomic E-state index is 0.0381. The average molecular weight is 541 g/mol. The van der Waals surface area contributed by atoms with E-state index in [1.807, 2.05) is 12.1 Å². The Bertz CT molecular complexity index is 1440. The third-order valence-corrected chi connectivity index (χ3v) is 7.94. The van der Waals surface area contributed by atoms with Gasteiger partial charge in [-0.3, -0.25) is 19.1 Å². The summed E-state index contributed by atoms with van der Waals surface area (Å²) in [4.78, 5) is 29.1. The first kappa shape index (κ1) is 25.5. The van der Waals surface area contributed by atoms with Crippen LogP contribution in [0.3, 0.4) is 0 Å². The highest BCUT2D eigenvalue weighted by Crippen LogP contribution is 2.32. The SMILES string of the molecule is CCOC(=O)CCC(=O)n1c(O)cc2cc(CCN3CCN(c4nsc5ccccc45)CC3)c(Cl)cc21. The number of carbonyl (C=O) groups excluding carboxylic acids is 2. The number of aromatic nitrogens is 2. The van der Waals surface area contributed by atoms with E-state index in [2.05, 4.69) is 28.0 Å². The number of rotatable bonds is 8. The van der Waals surface area contributed by atoms with E-state index in [9.17, 15) is 14.7 Å². The Hall–Kier alpha value is -3.14. The monoisotopic (exact) mass is 540 g/mol. The van der Waals surface area contributed by atoms with Crippen LogP contribution in [0.5, 0.6) is 5.88 Å². The summed E-state index contributed by atoms with van der Waals surface area (Å²) in [5.41, 5.74) is 1.50. The summed E-state index contributed by atoms with van der Waals surface area (Å²) in [5, 5.41) is 12.9. The Morgan fingerprint density at radius 3 is 2.68 bits per heavy atom. The standard InChI is InChI=1S/C27H29ClN4O4S/c1-2-36-26(35)8-7-24(33)32-22-17-21(28)18(15-19(22)16-25(32)34)9-10-30-11-13-31(14-12-30)27-20-5-3-4-6-23(20)37-29-27/h3-6,15-17,34H,2,7-14H2,1H3. The fraction of sp³-hybridized carbons (Fsp3) is 0.370. The van der Waals surface area contributed by atoms with Gasteiger partial charge in [-0.05, 0) is 54.7 Å². The first-order chi connectivity index (χ1) is 17.9. The number of fused-ring (bicyclic) bond motifs is 2. The number of esters is 1. The second-order valence-electron chi connectivity index (χ2n) is 9.12. The third-order valence-electron chi connectivity index (χ3n) is 6.78. The molecule has 0 spiro atoms. The van der Waals surface area contributed by atoms with Gasteiger partial charge in [-0.15, -0.1) is 0 Å². The molecule has 8 nitrogen and oxygen atoms in total. The molecule has 0 aliphatic carbocycles. The van der Waals surface area contributed by atoms with Crippen molar-refractivity contribution in [2.75, 3.05) is 44.2 Å². The van der Waals surface area contributed by atoms with Gasteiger partial charge in [0.25, 0.3) is 0 Å². The number of carbonyl (C=O) groups is 2. The molecule has 1 aliphatic heterocycles. The zero-order valence-corrected chi connectivity index (χ0v) is 22.2. The van der Waals surface area contributed by atoms with E-state index in [1.165, 1.54) is 14.7 Å². The maximum absolute atomic E-state index is 12.7. The van der Waals surface area contributed by atoms with Crippen molar-refractivity contribution >= 4 is 61.8 Å². The predicted octanol–water partition coefficient (Wildman–Crippen LogP) is 4.96. The summed E-state index contributed by atoms with van der Waals surface area (Å²) in [5.74, 6) is 0.0978. The van der Waals surface area contributed by atoms with Crippen molar-refractivity contribution in [2.24, 2.45) is 0 Å². The number of hydrogen-bond acceptors (Lipinski definition) is 8. The van der Waals surface area contributed by atoms with Crippen molar-refractivity contribution in [1.29, 1.82) is 0 Å². The van der Waals surface area contributed by atoms with Crippen molar-refractivity contribution in [1.82, 2.24) is 13.8 Å². The molecule has 4 aromatic rings. The van der Waals surface area contributed by atoms with Crippen LogP contribution in [0.1, 0.15) is 30.1 Å². The Morgan fingerprint density at radius 1 is 1.11 bits per heavy atom. The van der Waals surface area contributed by atoms with Gasteiger partial charge >= 0.3 is 5.97 Å². The first-order valence-electron chi connectivity index (χ1n) is 12.5. The van der Waals surface area contributed by atoms with Gasteiger partial charge in [-0.25, -0.2) is 0 Å². The van der Waals surface area contributed by atoms with Gasteiger partial charge in [0.2, 0.25) is 5.91 Å². The molecule has 0 bridgehead atoms. The molecular weight excluding hydrogens is 512 g/mol. The van der Waals surface area contributed by atoms with Crippen molar-refractivity contribution in [2.45, 2.75) is 26.2 Å². The number of piperazine rings is 1. The molecule has 2 aromatic carbocycles. The van der Waals surface area contributed by atoms with Crippen LogP contribution >= 0.6 is 23.1 Å². The Labute approximate surface area is 224 Å². The number of halogens is 1. The Morgan fingerprint density at radius 2 is 1.89 bits per heavy atom. The zero-order chi connectivity index (χ0) is 25.9. The second kappa shape index (κ2) is 11.1. The third kappa shape index (κ3) is 5.44. The van der Waals surface area contributed by atoms with Gasteiger partial charge in [0.15, 0.2) is 5.88 Å². The highest BCUT2D eigenvalue weighted by molar-refractivity contribution is 7.13. The van der Waals surface area contributed by atoms with Crippen LogP contribution in [-0.2, 0) is 16.0 Å². The summed E-state index contributed by atoms with van der Waals surface area (Å²) < 4.78 is 12.0. The summed E-state index contributed by atoms with van der Waals surface area (Å²) in [6, 6.07) is 13.6. The molecule has 37 heavy (non-hydrogen) atoms.